The van der Waals surface area contributed by atoms with Crippen LogP contribution in [0.4, 0.5) is 5.13 Å². The van der Waals surface area contributed by atoms with Gasteiger partial charge in [0.2, 0.25) is 0 Å². The van der Waals surface area contributed by atoms with Gasteiger partial charge in [0.15, 0.2) is 10.9 Å². The average Bonchev–Trinajstić information content (AvgIpc) is 3.05. The Morgan fingerprint density at radius 2 is 2.15 bits per heavy atom. The van der Waals surface area contributed by atoms with Gasteiger partial charge < -0.3 is 15.2 Å². The number of rotatable bonds is 6. The minimum Gasteiger partial charge on any atom is -0.477 e. The predicted molar refractivity (Wildman–Crippen MR) is 93.9 cm³/mol. The predicted octanol–water partition coefficient (Wildman–Crippen LogP) is 0.943. The van der Waals surface area contributed by atoms with Crippen molar-refractivity contribution in [1.29, 1.82) is 0 Å². The van der Waals surface area contributed by atoms with E-state index in [0.29, 0.717) is 21.3 Å². The van der Waals surface area contributed by atoms with Gasteiger partial charge >= 0.3 is 11.9 Å². The number of thioether (sulfide) groups is 1. The maximum absolute atomic E-state index is 12.5. The molecule has 0 radical (unpaired) electrons. The van der Waals surface area contributed by atoms with Crippen molar-refractivity contribution < 1.29 is 29.0 Å². The number of nitrogens with one attached hydrogen (secondary N) is 1. The number of amides is 1. The Morgan fingerprint density at radius 3 is 2.73 bits per heavy atom. The van der Waals surface area contributed by atoms with Crippen LogP contribution in [0.2, 0.25) is 0 Å². The van der Waals surface area contributed by atoms with Crippen molar-refractivity contribution in [1.82, 2.24) is 9.88 Å². The SMILES string of the molecule is CC(=O)OCC1=C(C(=O)O)N2C(=O)C(Nc3ncc(C(C)=O)s3)[C@H]2SC1. The molecule has 0 aliphatic carbocycles. The molecule has 11 heteroatoms. The summed E-state index contributed by atoms with van der Waals surface area (Å²) < 4.78 is 4.89. The fourth-order valence-corrected chi connectivity index (χ4v) is 4.70. The lowest BCUT2D eigenvalue weighted by Gasteiger charge is -2.49. The van der Waals surface area contributed by atoms with Crippen molar-refractivity contribution in [2.75, 3.05) is 17.7 Å². The quantitative estimate of drug-likeness (QED) is 0.410. The van der Waals surface area contributed by atoms with Crippen LogP contribution in [0, 0.1) is 0 Å². The molecule has 2 aliphatic heterocycles. The van der Waals surface area contributed by atoms with E-state index in [2.05, 4.69) is 10.3 Å². The van der Waals surface area contributed by atoms with Crippen LogP contribution in [0.15, 0.2) is 17.5 Å². The van der Waals surface area contributed by atoms with Gasteiger partial charge in [-0.25, -0.2) is 9.78 Å². The lowest BCUT2D eigenvalue weighted by Crippen LogP contribution is -2.67. The van der Waals surface area contributed by atoms with E-state index in [1.54, 1.807) is 0 Å². The van der Waals surface area contributed by atoms with E-state index in [9.17, 15) is 24.3 Å². The molecule has 0 bridgehead atoms. The Bertz CT molecular complexity index is 833. The molecule has 0 spiro atoms. The van der Waals surface area contributed by atoms with Crippen LogP contribution in [0.5, 0.6) is 0 Å². The zero-order valence-electron chi connectivity index (χ0n) is 13.8. The minimum atomic E-state index is -1.24. The van der Waals surface area contributed by atoms with Crippen LogP contribution in [0.3, 0.4) is 0 Å². The monoisotopic (exact) mass is 397 g/mol. The molecule has 26 heavy (non-hydrogen) atoms. The number of carboxylic acids is 1. The minimum absolute atomic E-state index is 0.115. The Balaban J connectivity index is 1.77. The number of fused-ring (bicyclic) bond motifs is 1. The number of hydrogen-bond acceptors (Lipinski definition) is 9. The molecule has 1 amide bonds. The van der Waals surface area contributed by atoms with Crippen molar-refractivity contribution >= 4 is 51.9 Å². The van der Waals surface area contributed by atoms with Crippen LogP contribution in [-0.2, 0) is 19.1 Å². The van der Waals surface area contributed by atoms with Crippen molar-refractivity contribution in [3.63, 3.8) is 0 Å². The first-order chi connectivity index (χ1) is 12.3. The van der Waals surface area contributed by atoms with E-state index < -0.39 is 29.3 Å². The molecule has 2 aliphatic rings. The summed E-state index contributed by atoms with van der Waals surface area (Å²) in [6, 6.07) is -0.629. The lowest BCUT2D eigenvalue weighted by molar-refractivity contribution is -0.147. The highest BCUT2D eigenvalue weighted by atomic mass is 32.2. The Labute approximate surface area is 156 Å². The number of thiazole rings is 1. The molecule has 3 heterocycles. The molecule has 1 fully saturated rings. The standard InChI is InChI=1S/C15H15N3O6S2/c1-6(19)9-3-16-15(26-9)17-10-12(21)18-11(14(22)23)8(4-24-7(2)20)5-25-13(10)18/h3,10,13H,4-5H2,1-2H3,(H,16,17)(H,22,23)/t10?,13-/m1/s1. The van der Waals surface area contributed by atoms with E-state index >= 15 is 0 Å². The summed E-state index contributed by atoms with van der Waals surface area (Å²) in [6.45, 7) is 2.50. The fourth-order valence-electron chi connectivity index (χ4n) is 2.62. The maximum atomic E-state index is 12.5. The van der Waals surface area contributed by atoms with E-state index in [1.165, 1.54) is 36.7 Å². The molecule has 0 saturated carbocycles. The van der Waals surface area contributed by atoms with Crippen LogP contribution in [0.1, 0.15) is 23.5 Å². The van der Waals surface area contributed by atoms with Gasteiger partial charge in [0.1, 0.15) is 23.7 Å². The second-order valence-corrected chi connectivity index (χ2v) is 7.79. The van der Waals surface area contributed by atoms with E-state index in [0.717, 1.165) is 11.3 Å². The molecule has 3 rings (SSSR count). The highest BCUT2D eigenvalue weighted by molar-refractivity contribution is 8.00. The first kappa shape index (κ1) is 18.4. The number of carbonyl (C=O) groups excluding carboxylic acids is 3. The van der Waals surface area contributed by atoms with Crippen molar-refractivity contribution in [3.05, 3.63) is 22.3 Å². The van der Waals surface area contributed by atoms with Crippen molar-refractivity contribution in [2.24, 2.45) is 0 Å². The third kappa shape index (κ3) is 3.31. The number of carbonyl (C=O) groups is 4. The molecular weight excluding hydrogens is 382 g/mol. The Morgan fingerprint density at radius 1 is 1.42 bits per heavy atom. The fraction of sp³-hybridized carbons (Fsp3) is 0.400. The first-order valence-electron chi connectivity index (χ1n) is 7.56. The number of esters is 1. The van der Waals surface area contributed by atoms with Gasteiger partial charge in [-0.2, -0.15) is 0 Å². The number of anilines is 1. The Hall–Kier alpha value is -2.40. The van der Waals surface area contributed by atoms with Gasteiger partial charge in [-0.05, 0) is 0 Å². The Kier molecular flexibility index (Phi) is 5.01. The van der Waals surface area contributed by atoms with E-state index in [1.807, 2.05) is 0 Å². The van der Waals surface area contributed by atoms with Gasteiger partial charge in [0.05, 0.1) is 11.1 Å². The normalized spacial score (nSPS) is 21.8. The number of aromatic nitrogens is 1. The number of β-lactam (4-membered cyclic amide) rings is 1. The molecule has 2 N–H and O–H groups in total. The smallest absolute Gasteiger partial charge is 0.352 e. The van der Waals surface area contributed by atoms with Crippen LogP contribution in [-0.4, -0.2) is 62.4 Å². The number of carboxylic acid groups (broad SMARTS) is 1. The number of nitrogens with zero attached hydrogens (tertiary/aromatic N) is 2. The van der Waals surface area contributed by atoms with Gasteiger partial charge in [0, 0.05) is 25.2 Å². The average molecular weight is 397 g/mol. The highest BCUT2D eigenvalue weighted by Crippen LogP contribution is 2.41. The summed E-state index contributed by atoms with van der Waals surface area (Å²) >= 11 is 2.52. The van der Waals surface area contributed by atoms with Gasteiger partial charge in [0.25, 0.3) is 5.91 Å². The lowest BCUT2D eigenvalue weighted by atomic mass is 10.0. The molecular formula is C15H15N3O6S2. The van der Waals surface area contributed by atoms with Crippen LogP contribution in [0.25, 0.3) is 0 Å². The third-order valence-electron chi connectivity index (χ3n) is 3.83. The number of hydrogen-bond donors (Lipinski definition) is 2. The molecule has 1 aromatic heterocycles. The summed E-state index contributed by atoms with van der Waals surface area (Å²) in [4.78, 5) is 52.2. The van der Waals surface area contributed by atoms with E-state index in [4.69, 9.17) is 4.74 Å². The van der Waals surface area contributed by atoms with Crippen LogP contribution >= 0.6 is 23.1 Å². The summed E-state index contributed by atoms with van der Waals surface area (Å²) in [5, 5.41) is 12.5. The molecule has 1 unspecified atom stereocenters. The molecule has 9 nitrogen and oxygen atoms in total. The second kappa shape index (κ2) is 7.08. The van der Waals surface area contributed by atoms with Gasteiger partial charge in [-0.1, -0.05) is 11.3 Å². The maximum Gasteiger partial charge on any atom is 0.352 e. The zero-order valence-corrected chi connectivity index (χ0v) is 15.5. The molecule has 1 aromatic rings. The van der Waals surface area contributed by atoms with Crippen LogP contribution < -0.4 is 5.32 Å². The van der Waals surface area contributed by atoms with Gasteiger partial charge in [-0.15, -0.1) is 11.8 Å². The topological polar surface area (TPSA) is 126 Å². The first-order valence-corrected chi connectivity index (χ1v) is 9.42. The van der Waals surface area contributed by atoms with Gasteiger partial charge in [-0.3, -0.25) is 19.3 Å². The summed E-state index contributed by atoms with van der Waals surface area (Å²) in [5.74, 6) is -1.95. The molecule has 0 aromatic carbocycles. The highest BCUT2D eigenvalue weighted by Gasteiger charge is 2.54. The number of aliphatic carboxylic acids is 1. The molecule has 2 atom stereocenters. The number of ether oxygens (including phenoxy) is 1. The second-order valence-electron chi connectivity index (χ2n) is 5.66. The van der Waals surface area contributed by atoms with E-state index in [-0.39, 0.29) is 18.1 Å². The summed E-state index contributed by atoms with van der Waals surface area (Å²) in [7, 11) is 0. The summed E-state index contributed by atoms with van der Waals surface area (Å²) in [6.07, 6.45) is 1.43. The third-order valence-corrected chi connectivity index (χ3v) is 6.20. The molecule has 1 saturated heterocycles. The largest absolute Gasteiger partial charge is 0.477 e. The number of ketones is 1. The summed E-state index contributed by atoms with van der Waals surface area (Å²) in [5.41, 5.74) is 0.246. The number of Topliss-reactive ketones (excluding diaryl/α,β-unsaturated/α-hetero) is 1. The zero-order chi connectivity index (χ0) is 19.0. The van der Waals surface area contributed by atoms with Crippen molar-refractivity contribution in [2.45, 2.75) is 25.3 Å². The van der Waals surface area contributed by atoms with Crippen molar-refractivity contribution in [3.8, 4) is 0 Å². The molecule has 138 valence electrons.